The Hall–Kier alpha value is -2.73. The Bertz CT molecular complexity index is 768. The number of piperidine rings is 1. The second-order valence-electron chi connectivity index (χ2n) is 6.07. The largest absolute Gasteiger partial charge is 0.466 e. The van der Waals surface area contributed by atoms with E-state index in [1.54, 1.807) is 18.5 Å². The Labute approximate surface area is 147 Å². The Balaban J connectivity index is 1.81. The summed E-state index contributed by atoms with van der Waals surface area (Å²) in [6.45, 7) is 1.81. The van der Waals surface area contributed by atoms with E-state index < -0.39 is 0 Å². The molecule has 0 spiro atoms. The highest BCUT2D eigenvalue weighted by atomic mass is 16.5. The van der Waals surface area contributed by atoms with Crippen molar-refractivity contribution < 1.29 is 9.53 Å². The van der Waals surface area contributed by atoms with Crippen molar-refractivity contribution in [2.75, 3.05) is 25.1 Å². The summed E-state index contributed by atoms with van der Waals surface area (Å²) in [4.78, 5) is 22.6. The molecule has 1 aliphatic heterocycles. The molecule has 0 aliphatic carbocycles. The van der Waals surface area contributed by atoms with Crippen LogP contribution in [-0.4, -0.2) is 42.2 Å². The third-order valence-corrected chi connectivity index (χ3v) is 4.28. The fraction of sp³-hybridized carbons (Fsp3) is 0.316. The molecule has 25 heavy (non-hydrogen) atoms. The van der Waals surface area contributed by atoms with E-state index in [1.807, 2.05) is 24.3 Å². The normalized spacial score (nSPS) is 15.5. The summed E-state index contributed by atoms with van der Waals surface area (Å²) >= 11 is 0. The lowest BCUT2D eigenvalue weighted by atomic mass is 10.1. The number of hydrogen-bond donors (Lipinski definition) is 1. The topological polar surface area (TPSA) is 81.3 Å². The molecule has 0 unspecified atom stereocenters. The standard InChI is InChI=1S/C19H22N4O2/c1-25-19(24)6-5-14-3-2-4-15(11-14)17-12-21-13-18(22-17)23-9-7-16(20)8-10-23/h2-6,11-13,16H,7-10,20H2,1H3/b6-5+. The number of anilines is 1. The molecule has 1 fully saturated rings. The summed E-state index contributed by atoms with van der Waals surface area (Å²) in [5.41, 5.74) is 8.63. The van der Waals surface area contributed by atoms with Gasteiger partial charge in [0.2, 0.25) is 0 Å². The van der Waals surface area contributed by atoms with Crippen molar-refractivity contribution >= 4 is 17.9 Å². The van der Waals surface area contributed by atoms with E-state index >= 15 is 0 Å². The Morgan fingerprint density at radius 3 is 2.88 bits per heavy atom. The smallest absolute Gasteiger partial charge is 0.330 e. The predicted molar refractivity (Wildman–Crippen MR) is 97.9 cm³/mol. The molecule has 6 nitrogen and oxygen atoms in total. The number of benzene rings is 1. The van der Waals surface area contributed by atoms with Gasteiger partial charge in [0, 0.05) is 30.8 Å². The maximum Gasteiger partial charge on any atom is 0.330 e. The molecule has 0 atom stereocenters. The van der Waals surface area contributed by atoms with E-state index in [4.69, 9.17) is 10.7 Å². The number of ether oxygens (including phenoxy) is 1. The minimum atomic E-state index is -0.379. The molecular weight excluding hydrogens is 316 g/mol. The van der Waals surface area contributed by atoms with Gasteiger partial charge < -0.3 is 15.4 Å². The van der Waals surface area contributed by atoms with Gasteiger partial charge in [-0.3, -0.25) is 4.98 Å². The van der Waals surface area contributed by atoms with E-state index in [9.17, 15) is 4.79 Å². The maximum atomic E-state index is 11.2. The number of methoxy groups -OCH3 is 1. The van der Waals surface area contributed by atoms with E-state index in [0.717, 1.165) is 48.6 Å². The Kier molecular flexibility index (Phi) is 5.40. The SMILES string of the molecule is COC(=O)/C=C/c1cccc(-c2cncc(N3CCC(N)CC3)n2)c1. The van der Waals surface area contributed by atoms with Gasteiger partial charge in [-0.15, -0.1) is 0 Å². The van der Waals surface area contributed by atoms with Gasteiger partial charge in [-0.1, -0.05) is 18.2 Å². The van der Waals surface area contributed by atoms with Crippen LogP contribution in [0.1, 0.15) is 18.4 Å². The molecule has 3 rings (SSSR count). The molecule has 0 saturated carbocycles. The Morgan fingerprint density at radius 1 is 1.32 bits per heavy atom. The van der Waals surface area contributed by atoms with Crippen molar-refractivity contribution in [1.29, 1.82) is 0 Å². The average Bonchev–Trinajstić information content (AvgIpc) is 2.67. The first-order chi connectivity index (χ1) is 12.2. The van der Waals surface area contributed by atoms with Gasteiger partial charge >= 0.3 is 5.97 Å². The van der Waals surface area contributed by atoms with Gasteiger partial charge in [-0.2, -0.15) is 0 Å². The molecule has 2 aromatic rings. The highest BCUT2D eigenvalue weighted by Crippen LogP contribution is 2.22. The second-order valence-corrected chi connectivity index (χ2v) is 6.07. The van der Waals surface area contributed by atoms with Crippen LogP contribution >= 0.6 is 0 Å². The molecule has 1 saturated heterocycles. The highest BCUT2D eigenvalue weighted by molar-refractivity contribution is 5.87. The van der Waals surface area contributed by atoms with Crippen LogP contribution in [0, 0.1) is 0 Å². The van der Waals surface area contributed by atoms with Gasteiger partial charge in [-0.05, 0) is 30.5 Å². The van der Waals surface area contributed by atoms with Gasteiger partial charge in [0.15, 0.2) is 0 Å². The van der Waals surface area contributed by atoms with Gasteiger partial charge in [0.25, 0.3) is 0 Å². The van der Waals surface area contributed by atoms with Gasteiger partial charge in [0.1, 0.15) is 5.82 Å². The molecule has 0 radical (unpaired) electrons. The van der Waals surface area contributed by atoms with Crippen LogP contribution in [0.4, 0.5) is 5.82 Å². The average molecular weight is 338 g/mol. The first kappa shape index (κ1) is 17.1. The lowest BCUT2D eigenvalue weighted by Gasteiger charge is -2.30. The molecule has 0 amide bonds. The second kappa shape index (κ2) is 7.90. The number of esters is 1. The van der Waals surface area contributed by atoms with Crippen molar-refractivity contribution in [3.05, 3.63) is 48.3 Å². The minimum absolute atomic E-state index is 0.283. The number of rotatable bonds is 4. The number of carbonyl (C=O) groups is 1. The quantitative estimate of drug-likeness (QED) is 0.680. The zero-order chi connectivity index (χ0) is 17.6. The molecule has 1 aromatic carbocycles. The molecule has 2 heterocycles. The van der Waals surface area contributed by atoms with Crippen molar-refractivity contribution in [3.8, 4) is 11.3 Å². The van der Waals surface area contributed by atoms with Crippen LogP contribution in [0.25, 0.3) is 17.3 Å². The van der Waals surface area contributed by atoms with Crippen LogP contribution in [-0.2, 0) is 9.53 Å². The van der Waals surface area contributed by atoms with Crippen molar-refractivity contribution in [3.63, 3.8) is 0 Å². The van der Waals surface area contributed by atoms with Crippen LogP contribution in [0.5, 0.6) is 0 Å². The predicted octanol–water partition coefficient (Wildman–Crippen LogP) is 2.26. The molecular formula is C19H22N4O2. The summed E-state index contributed by atoms with van der Waals surface area (Å²) < 4.78 is 4.61. The first-order valence-corrected chi connectivity index (χ1v) is 8.35. The van der Waals surface area contributed by atoms with Crippen LogP contribution < -0.4 is 10.6 Å². The Morgan fingerprint density at radius 2 is 2.12 bits per heavy atom. The molecule has 1 aliphatic rings. The number of aromatic nitrogens is 2. The minimum Gasteiger partial charge on any atom is -0.466 e. The number of carbonyl (C=O) groups excluding carboxylic acids is 1. The lowest BCUT2D eigenvalue weighted by Crippen LogP contribution is -2.40. The van der Waals surface area contributed by atoms with Gasteiger partial charge in [-0.25, -0.2) is 9.78 Å². The number of nitrogens with zero attached hydrogens (tertiary/aromatic N) is 3. The van der Waals surface area contributed by atoms with Crippen molar-refractivity contribution in [1.82, 2.24) is 9.97 Å². The van der Waals surface area contributed by atoms with E-state index in [0.29, 0.717) is 0 Å². The summed E-state index contributed by atoms with van der Waals surface area (Å²) in [5.74, 6) is 0.496. The zero-order valence-electron chi connectivity index (χ0n) is 14.3. The highest BCUT2D eigenvalue weighted by Gasteiger charge is 2.17. The van der Waals surface area contributed by atoms with Crippen LogP contribution in [0.3, 0.4) is 0 Å². The molecule has 1 aromatic heterocycles. The maximum absolute atomic E-state index is 11.2. The summed E-state index contributed by atoms with van der Waals surface area (Å²) in [6.07, 6.45) is 8.61. The van der Waals surface area contributed by atoms with E-state index in [-0.39, 0.29) is 12.0 Å². The third kappa shape index (κ3) is 4.42. The summed E-state index contributed by atoms with van der Waals surface area (Å²) in [6, 6.07) is 8.09. The van der Waals surface area contributed by atoms with Gasteiger partial charge in [0.05, 0.1) is 25.2 Å². The van der Waals surface area contributed by atoms with Crippen molar-refractivity contribution in [2.45, 2.75) is 18.9 Å². The zero-order valence-corrected chi connectivity index (χ0v) is 14.3. The number of nitrogens with two attached hydrogens (primary N) is 1. The monoisotopic (exact) mass is 338 g/mol. The fourth-order valence-corrected chi connectivity index (χ4v) is 2.81. The number of hydrogen-bond acceptors (Lipinski definition) is 6. The van der Waals surface area contributed by atoms with E-state index in [2.05, 4.69) is 14.6 Å². The summed E-state index contributed by atoms with van der Waals surface area (Å²) in [5, 5.41) is 0. The lowest BCUT2D eigenvalue weighted by molar-refractivity contribution is -0.134. The molecule has 130 valence electrons. The fourth-order valence-electron chi connectivity index (χ4n) is 2.81. The first-order valence-electron chi connectivity index (χ1n) is 8.35. The molecule has 2 N–H and O–H groups in total. The third-order valence-electron chi connectivity index (χ3n) is 4.28. The van der Waals surface area contributed by atoms with Crippen LogP contribution in [0.15, 0.2) is 42.7 Å². The van der Waals surface area contributed by atoms with E-state index in [1.165, 1.54) is 13.2 Å². The molecule has 6 heteroatoms. The van der Waals surface area contributed by atoms with Crippen LogP contribution in [0.2, 0.25) is 0 Å². The summed E-state index contributed by atoms with van der Waals surface area (Å²) in [7, 11) is 1.36. The molecule has 0 bridgehead atoms. The van der Waals surface area contributed by atoms with Crippen molar-refractivity contribution in [2.24, 2.45) is 5.73 Å².